The Kier molecular flexibility index (Phi) is 4.22. The van der Waals surface area contributed by atoms with Crippen LogP contribution in [0.4, 0.5) is 11.4 Å². The lowest BCUT2D eigenvalue weighted by Crippen LogP contribution is -2.22. The van der Waals surface area contributed by atoms with Crippen molar-refractivity contribution >= 4 is 33.2 Å². The highest BCUT2D eigenvalue weighted by Gasteiger charge is 2.22. The molecule has 8 heteroatoms. The van der Waals surface area contributed by atoms with Crippen molar-refractivity contribution in [3.8, 4) is 0 Å². The van der Waals surface area contributed by atoms with Crippen LogP contribution < -0.4 is 10.0 Å². The summed E-state index contributed by atoms with van der Waals surface area (Å²) in [7, 11) is -0.581. The van der Waals surface area contributed by atoms with Gasteiger partial charge in [0.25, 0.3) is 15.9 Å². The first-order chi connectivity index (χ1) is 11.8. The molecule has 0 saturated carbocycles. The molecule has 2 N–H and O–H groups in total. The van der Waals surface area contributed by atoms with Crippen molar-refractivity contribution in [2.75, 3.05) is 24.1 Å². The van der Waals surface area contributed by atoms with Crippen LogP contribution in [0.15, 0.2) is 47.4 Å². The van der Waals surface area contributed by atoms with Crippen LogP contribution in [0.25, 0.3) is 0 Å². The van der Waals surface area contributed by atoms with Crippen LogP contribution in [0.2, 0.25) is 0 Å². The Balaban J connectivity index is 1.88. The summed E-state index contributed by atoms with van der Waals surface area (Å²) in [6.07, 6.45) is 0.158. The van der Waals surface area contributed by atoms with Gasteiger partial charge in [0.05, 0.1) is 11.3 Å². The van der Waals surface area contributed by atoms with Crippen LogP contribution >= 0.6 is 0 Å². The minimum Gasteiger partial charge on any atom is -0.345 e. The summed E-state index contributed by atoms with van der Waals surface area (Å²) in [5.41, 5.74) is 1.95. The fourth-order valence-corrected chi connectivity index (χ4v) is 3.66. The summed E-state index contributed by atoms with van der Waals surface area (Å²) in [6, 6.07) is 10.8. The molecule has 1 heterocycles. The van der Waals surface area contributed by atoms with Gasteiger partial charge in [-0.15, -0.1) is 0 Å². The molecule has 2 aromatic rings. The van der Waals surface area contributed by atoms with Crippen molar-refractivity contribution < 1.29 is 18.0 Å². The number of hydrogen-bond acceptors (Lipinski definition) is 4. The van der Waals surface area contributed by atoms with Gasteiger partial charge in [0, 0.05) is 31.0 Å². The van der Waals surface area contributed by atoms with Crippen LogP contribution in [-0.4, -0.2) is 39.2 Å². The number of amides is 2. The van der Waals surface area contributed by atoms with Crippen LogP contribution in [0, 0.1) is 0 Å². The molecule has 130 valence electrons. The van der Waals surface area contributed by atoms with E-state index in [2.05, 4.69) is 10.0 Å². The van der Waals surface area contributed by atoms with Crippen molar-refractivity contribution in [1.82, 2.24) is 4.90 Å². The van der Waals surface area contributed by atoms with Gasteiger partial charge in [0.15, 0.2) is 0 Å². The molecule has 2 aromatic carbocycles. The highest BCUT2D eigenvalue weighted by molar-refractivity contribution is 7.92. The van der Waals surface area contributed by atoms with Gasteiger partial charge < -0.3 is 10.2 Å². The average molecular weight is 359 g/mol. The molecule has 3 rings (SSSR count). The topological polar surface area (TPSA) is 95.6 Å². The predicted molar refractivity (Wildman–Crippen MR) is 94.0 cm³/mol. The normalized spacial score (nSPS) is 13.1. The number of nitrogens with one attached hydrogen (secondary N) is 2. The monoisotopic (exact) mass is 359 g/mol. The van der Waals surface area contributed by atoms with Crippen LogP contribution in [0.5, 0.6) is 0 Å². The number of rotatable bonds is 4. The lowest BCUT2D eigenvalue weighted by Gasteiger charge is -2.13. The van der Waals surface area contributed by atoms with Crippen molar-refractivity contribution in [2.24, 2.45) is 0 Å². The Morgan fingerprint density at radius 1 is 1.16 bits per heavy atom. The smallest absolute Gasteiger partial charge is 0.261 e. The second-order valence-electron chi connectivity index (χ2n) is 5.93. The van der Waals surface area contributed by atoms with Crippen LogP contribution in [0.3, 0.4) is 0 Å². The molecule has 25 heavy (non-hydrogen) atoms. The van der Waals surface area contributed by atoms with Crippen LogP contribution in [0.1, 0.15) is 15.9 Å². The maximum absolute atomic E-state index is 12.6. The minimum absolute atomic E-state index is 0.0621. The maximum atomic E-state index is 12.6. The number of carbonyl (C=O) groups is 2. The number of carbonyl (C=O) groups excluding carboxylic acids is 2. The van der Waals surface area contributed by atoms with Gasteiger partial charge in [-0.3, -0.25) is 14.3 Å². The summed E-state index contributed by atoms with van der Waals surface area (Å²) < 4.78 is 27.6. The van der Waals surface area contributed by atoms with E-state index in [1.54, 1.807) is 38.4 Å². The number of hydrogen-bond donors (Lipinski definition) is 2. The number of nitrogens with zero attached hydrogens (tertiary/aromatic N) is 1. The molecule has 0 unspecified atom stereocenters. The van der Waals surface area contributed by atoms with Gasteiger partial charge in [-0.1, -0.05) is 6.07 Å². The zero-order chi connectivity index (χ0) is 18.2. The second-order valence-corrected chi connectivity index (χ2v) is 7.61. The molecular weight excluding hydrogens is 342 g/mol. The summed E-state index contributed by atoms with van der Waals surface area (Å²) in [6.45, 7) is 0. The lowest BCUT2D eigenvalue weighted by molar-refractivity contribution is -0.115. The number of benzene rings is 2. The van der Waals surface area contributed by atoms with E-state index in [1.807, 2.05) is 0 Å². The Morgan fingerprint density at radius 2 is 1.92 bits per heavy atom. The molecule has 0 saturated heterocycles. The lowest BCUT2D eigenvalue weighted by atomic mass is 10.2. The van der Waals surface area contributed by atoms with Crippen LogP contribution in [-0.2, 0) is 21.2 Å². The molecule has 2 amide bonds. The fraction of sp³-hybridized carbons (Fsp3) is 0.176. The van der Waals surface area contributed by atoms with Gasteiger partial charge in [-0.2, -0.15) is 0 Å². The van der Waals surface area contributed by atoms with Gasteiger partial charge in [-0.25, -0.2) is 8.42 Å². The van der Waals surface area contributed by atoms with E-state index in [0.29, 0.717) is 22.5 Å². The first-order valence-electron chi connectivity index (χ1n) is 7.53. The minimum atomic E-state index is -3.83. The van der Waals surface area contributed by atoms with Crippen molar-refractivity contribution in [2.45, 2.75) is 11.3 Å². The summed E-state index contributed by atoms with van der Waals surface area (Å²) in [4.78, 5) is 24.9. The third kappa shape index (κ3) is 3.48. The SMILES string of the molecule is CN(C)C(=O)c1cccc(NS(=O)(=O)c2ccc3c(c2)CC(=O)N3)c1. The highest BCUT2D eigenvalue weighted by atomic mass is 32.2. The number of fused-ring (bicyclic) bond motifs is 1. The molecule has 1 aliphatic heterocycles. The van der Waals surface area contributed by atoms with E-state index in [4.69, 9.17) is 0 Å². The third-order valence-corrected chi connectivity index (χ3v) is 5.16. The quantitative estimate of drug-likeness (QED) is 0.868. The first kappa shape index (κ1) is 17.0. The Hall–Kier alpha value is -2.87. The van der Waals surface area contributed by atoms with E-state index >= 15 is 0 Å². The maximum Gasteiger partial charge on any atom is 0.261 e. The fourth-order valence-electron chi connectivity index (χ4n) is 2.56. The van der Waals surface area contributed by atoms with E-state index in [9.17, 15) is 18.0 Å². The van der Waals surface area contributed by atoms with Crippen molar-refractivity contribution in [3.63, 3.8) is 0 Å². The molecule has 1 aliphatic rings. The Labute approximate surface area is 145 Å². The molecule has 0 spiro atoms. The number of sulfonamides is 1. The first-order valence-corrected chi connectivity index (χ1v) is 9.02. The summed E-state index contributed by atoms with van der Waals surface area (Å²) >= 11 is 0. The molecular formula is C17H17N3O4S. The van der Waals surface area contributed by atoms with Gasteiger partial charge >= 0.3 is 0 Å². The third-order valence-electron chi connectivity index (χ3n) is 3.78. The zero-order valence-electron chi connectivity index (χ0n) is 13.7. The predicted octanol–water partition coefficient (Wildman–Crippen LogP) is 1.68. The molecule has 0 aromatic heterocycles. The molecule has 7 nitrogen and oxygen atoms in total. The average Bonchev–Trinajstić information content (AvgIpc) is 2.93. The molecule has 0 aliphatic carbocycles. The standard InChI is InChI=1S/C17H17N3O4S/c1-20(2)17(22)11-4-3-5-13(8-11)19-25(23,24)14-6-7-15-12(9-14)10-16(21)18-15/h3-9,19H,10H2,1-2H3,(H,18,21). The zero-order valence-corrected chi connectivity index (χ0v) is 14.6. The largest absolute Gasteiger partial charge is 0.345 e. The van der Waals surface area contributed by atoms with E-state index in [-0.39, 0.29) is 23.1 Å². The Morgan fingerprint density at radius 3 is 2.64 bits per heavy atom. The molecule has 0 atom stereocenters. The molecule has 0 bridgehead atoms. The van der Waals surface area contributed by atoms with Crippen molar-refractivity contribution in [1.29, 1.82) is 0 Å². The number of anilines is 2. The highest BCUT2D eigenvalue weighted by Crippen LogP contribution is 2.27. The summed E-state index contributed by atoms with van der Waals surface area (Å²) in [5, 5.41) is 2.66. The molecule has 0 fully saturated rings. The van der Waals surface area contributed by atoms with Gasteiger partial charge in [0.1, 0.15) is 0 Å². The van der Waals surface area contributed by atoms with Gasteiger partial charge in [-0.05, 0) is 42.0 Å². The van der Waals surface area contributed by atoms with E-state index in [1.165, 1.54) is 23.1 Å². The molecule has 0 radical (unpaired) electrons. The summed E-state index contributed by atoms with van der Waals surface area (Å²) in [5.74, 6) is -0.379. The Bertz CT molecular complexity index is 968. The second kappa shape index (κ2) is 6.21. The van der Waals surface area contributed by atoms with E-state index in [0.717, 1.165) is 0 Å². The van der Waals surface area contributed by atoms with Crippen molar-refractivity contribution in [3.05, 3.63) is 53.6 Å². The van der Waals surface area contributed by atoms with E-state index < -0.39 is 10.0 Å². The van der Waals surface area contributed by atoms with Gasteiger partial charge in [0.2, 0.25) is 5.91 Å².